The van der Waals surface area contributed by atoms with Crippen LogP contribution in [0.5, 0.6) is 0 Å². The fourth-order valence-corrected chi connectivity index (χ4v) is 3.25. The molecule has 126 valence electrons. The molecular weight excluding hydrogens is 400 g/mol. The Morgan fingerprint density at radius 2 is 1.84 bits per heavy atom. The summed E-state index contributed by atoms with van der Waals surface area (Å²) in [5.74, 6) is 1.15. The van der Waals surface area contributed by atoms with Crippen LogP contribution in [0.3, 0.4) is 0 Å². The zero-order valence-corrected chi connectivity index (χ0v) is 15.6. The fraction of sp³-hybridized carbons (Fsp3) is 0.0526. The molecule has 6 heteroatoms. The minimum absolute atomic E-state index is 0.260. The number of thioether (sulfide) groups is 1. The van der Waals surface area contributed by atoms with Crippen molar-refractivity contribution < 1.29 is 9.21 Å². The van der Waals surface area contributed by atoms with Crippen molar-refractivity contribution in [2.75, 3.05) is 0 Å². The molecule has 2 aromatic carbocycles. The van der Waals surface area contributed by atoms with E-state index in [-0.39, 0.29) is 5.91 Å². The van der Waals surface area contributed by atoms with Gasteiger partial charge in [0.2, 0.25) is 0 Å². The Balaban J connectivity index is 1.52. The van der Waals surface area contributed by atoms with Gasteiger partial charge in [0.1, 0.15) is 5.76 Å². The van der Waals surface area contributed by atoms with Gasteiger partial charge in [0.05, 0.1) is 6.21 Å². The van der Waals surface area contributed by atoms with Crippen molar-refractivity contribution in [2.24, 2.45) is 5.10 Å². The zero-order chi connectivity index (χ0) is 17.5. The van der Waals surface area contributed by atoms with Crippen LogP contribution in [-0.4, -0.2) is 12.1 Å². The first kappa shape index (κ1) is 17.5. The number of hydrogen-bond acceptors (Lipinski definition) is 4. The summed E-state index contributed by atoms with van der Waals surface area (Å²) in [6.45, 7) is 0. The highest BCUT2D eigenvalue weighted by molar-refractivity contribution is 9.10. The molecule has 0 aliphatic rings. The number of halogens is 1. The number of nitrogens with one attached hydrogen (secondary N) is 1. The van der Waals surface area contributed by atoms with Crippen molar-refractivity contribution in [2.45, 2.75) is 10.6 Å². The molecule has 0 radical (unpaired) electrons. The standard InChI is InChI=1S/C19H15BrN2O2S/c20-18-11-10-16(24-18)12-21-22-19(23)15-8-6-14(7-9-15)13-25-17-4-2-1-3-5-17/h1-12H,13H2,(H,22,23)/b21-12-. The first-order valence-electron chi connectivity index (χ1n) is 7.56. The summed E-state index contributed by atoms with van der Waals surface area (Å²) in [6, 6.07) is 21.2. The van der Waals surface area contributed by atoms with Gasteiger partial charge in [-0.25, -0.2) is 5.43 Å². The van der Waals surface area contributed by atoms with E-state index in [0.717, 1.165) is 11.3 Å². The number of carbonyl (C=O) groups excluding carboxylic acids is 1. The summed E-state index contributed by atoms with van der Waals surface area (Å²) in [5, 5.41) is 3.89. The maximum atomic E-state index is 12.1. The van der Waals surface area contributed by atoms with Gasteiger partial charge in [-0.3, -0.25) is 4.79 Å². The van der Waals surface area contributed by atoms with Crippen LogP contribution in [0.4, 0.5) is 0 Å². The molecule has 25 heavy (non-hydrogen) atoms. The summed E-state index contributed by atoms with van der Waals surface area (Å²) < 4.78 is 5.88. The SMILES string of the molecule is O=C(N/N=C\c1ccc(Br)o1)c1ccc(CSc2ccccc2)cc1. The number of amides is 1. The maximum absolute atomic E-state index is 12.1. The Morgan fingerprint density at radius 1 is 1.08 bits per heavy atom. The van der Waals surface area contributed by atoms with E-state index in [4.69, 9.17) is 4.42 Å². The van der Waals surface area contributed by atoms with Crippen molar-refractivity contribution in [1.82, 2.24) is 5.43 Å². The van der Waals surface area contributed by atoms with E-state index >= 15 is 0 Å². The van der Waals surface area contributed by atoms with Crippen molar-refractivity contribution in [3.63, 3.8) is 0 Å². The van der Waals surface area contributed by atoms with Crippen LogP contribution < -0.4 is 5.43 Å². The third-order valence-electron chi connectivity index (χ3n) is 3.32. The lowest BCUT2D eigenvalue weighted by molar-refractivity contribution is 0.0955. The minimum atomic E-state index is -0.260. The molecular formula is C19H15BrN2O2S. The second-order valence-corrected chi connectivity index (χ2v) is 6.97. The summed E-state index contributed by atoms with van der Waals surface area (Å²) in [6.07, 6.45) is 1.45. The van der Waals surface area contributed by atoms with Crippen LogP contribution in [-0.2, 0) is 5.75 Å². The van der Waals surface area contributed by atoms with Crippen LogP contribution in [0, 0.1) is 0 Å². The van der Waals surface area contributed by atoms with Crippen molar-refractivity contribution in [3.8, 4) is 0 Å². The van der Waals surface area contributed by atoms with E-state index < -0.39 is 0 Å². The molecule has 0 saturated carbocycles. The summed E-state index contributed by atoms with van der Waals surface area (Å²) >= 11 is 4.97. The topological polar surface area (TPSA) is 54.6 Å². The van der Waals surface area contributed by atoms with Crippen molar-refractivity contribution in [1.29, 1.82) is 0 Å². The lowest BCUT2D eigenvalue weighted by atomic mass is 10.1. The predicted octanol–water partition coefficient (Wildman–Crippen LogP) is 5.10. The monoisotopic (exact) mass is 414 g/mol. The molecule has 0 saturated heterocycles. The Labute approximate surface area is 158 Å². The van der Waals surface area contributed by atoms with Crippen LogP contribution >= 0.6 is 27.7 Å². The second kappa shape index (κ2) is 8.69. The summed E-state index contributed by atoms with van der Waals surface area (Å²) in [5.41, 5.74) is 4.21. The first-order valence-corrected chi connectivity index (χ1v) is 9.34. The van der Waals surface area contributed by atoms with E-state index in [9.17, 15) is 4.79 Å². The quantitative estimate of drug-likeness (QED) is 0.346. The van der Waals surface area contributed by atoms with Crippen LogP contribution in [0.1, 0.15) is 21.7 Å². The first-order chi connectivity index (χ1) is 12.2. The number of hydrogen-bond donors (Lipinski definition) is 1. The highest BCUT2D eigenvalue weighted by Gasteiger charge is 2.04. The third kappa shape index (κ3) is 5.34. The molecule has 1 heterocycles. The lowest BCUT2D eigenvalue weighted by Gasteiger charge is -2.04. The van der Waals surface area contributed by atoms with Crippen LogP contribution in [0.2, 0.25) is 0 Å². The summed E-state index contributed by atoms with van der Waals surface area (Å²) in [4.78, 5) is 13.3. The Kier molecular flexibility index (Phi) is 6.09. The highest BCUT2D eigenvalue weighted by Crippen LogP contribution is 2.22. The molecule has 4 nitrogen and oxygen atoms in total. The van der Waals surface area contributed by atoms with Gasteiger partial charge in [0, 0.05) is 16.2 Å². The fourth-order valence-electron chi connectivity index (χ4n) is 2.05. The van der Waals surface area contributed by atoms with Crippen molar-refractivity contribution >= 4 is 39.8 Å². The molecule has 1 amide bonds. The molecule has 3 rings (SSSR count). The molecule has 0 atom stereocenters. The van der Waals surface area contributed by atoms with E-state index in [1.165, 1.54) is 11.1 Å². The third-order valence-corrected chi connectivity index (χ3v) is 4.83. The Morgan fingerprint density at radius 3 is 2.52 bits per heavy atom. The average Bonchev–Trinajstić information content (AvgIpc) is 3.06. The number of carbonyl (C=O) groups is 1. The van der Waals surface area contributed by atoms with Gasteiger partial charge < -0.3 is 4.42 Å². The largest absolute Gasteiger partial charge is 0.448 e. The van der Waals surface area contributed by atoms with Gasteiger partial charge in [-0.1, -0.05) is 30.3 Å². The number of rotatable bonds is 6. The number of nitrogens with zero attached hydrogens (tertiary/aromatic N) is 1. The van der Waals surface area contributed by atoms with E-state index in [0.29, 0.717) is 16.0 Å². The molecule has 1 N–H and O–H groups in total. The molecule has 0 bridgehead atoms. The number of furan rings is 1. The number of benzene rings is 2. The second-order valence-electron chi connectivity index (χ2n) is 5.14. The van der Waals surface area contributed by atoms with Gasteiger partial charge in [0.15, 0.2) is 4.67 Å². The predicted molar refractivity (Wildman–Crippen MR) is 104 cm³/mol. The smallest absolute Gasteiger partial charge is 0.271 e. The van der Waals surface area contributed by atoms with E-state index in [1.807, 2.05) is 30.3 Å². The lowest BCUT2D eigenvalue weighted by Crippen LogP contribution is -2.17. The zero-order valence-electron chi connectivity index (χ0n) is 13.2. The molecule has 0 spiro atoms. The molecule has 3 aromatic rings. The van der Waals surface area contributed by atoms with Gasteiger partial charge in [-0.15, -0.1) is 11.8 Å². The molecule has 0 fully saturated rings. The Bertz CT molecular complexity index is 861. The van der Waals surface area contributed by atoms with Crippen LogP contribution in [0.25, 0.3) is 0 Å². The maximum Gasteiger partial charge on any atom is 0.271 e. The number of hydrazone groups is 1. The summed E-state index contributed by atoms with van der Waals surface area (Å²) in [7, 11) is 0. The van der Waals surface area contributed by atoms with Crippen LogP contribution in [0.15, 0.2) is 85.8 Å². The van der Waals surface area contributed by atoms with E-state index in [1.54, 1.807) is 36.0 Å². The molecule has 1 aromatic heterocycles. The van der Waals surface area contributed by atoms with E-state index in [2.05, 4.69) is 38.6 Å². The molecule has 0 aliphatic carbocycles. The van der Waals surface area contributed by atoms with Crippen molar-refractivity contribution in [3.05, 3.63) is 88.3 Å². The average molecular weight is 415 g/mol. The minimum Gasteiger partial charge on any atom is -0.448 e. The van der Waals surface area contributed by atoms with Gasteiger partial charge in [-0.2, -0.15) is 5.10 Å². The molecule has 0 aliphatic heterocycles. The molecule has 0 unspecified atom stereocenters. The van der Waals surface area contributed by atoms with Gasteiger partial charge in [0.25, 0.3) is 5.91 Å². The Hall–Kier alpha value is -2.31. The normalized spacial score (nSPS) is 10.9. The van der Waals surface area contributed by atoms with Gasteiger partial charge >= 0.3 is 0 Å². The van der Waals surface area contributed by atoms with Gasteiger partial charge in [-0.05, 0) is 57.9 Å². The highest BCUT2D eigenvalue weighted by atomic mass is 79.9.